The van der Waals surface area contributed by atoms with Crippen LogP contribution in [0.1, 0.15) is 48.0 Å². The van der Waals surface area contributed by atoms with Gasteiger partial charge in [-0.2, -0.15) is 0 Å². The number of carbonyl (C=O) groups is 1. The van der Waals surface area contributed by atoms with Gasteiger partial charge in [0, 0.05) is 17.2 Å². The average Bonchev–Trinajstić information content (AvgIpc) is 2.68. The van der Waals surface area contributed by atoms with E-state index in [0.29, 0.717) is 18.4 Å². The summed E-state index contributed by atoms with van der Waals surface area (Å²) in [4.78, 5) is 23.3. The van der Waals surface area contributed by atoms with Crippen molar-refractivity contribution in [2.24, 2.45) is 0 Å². The monoisotopic (exact) mass is 388 g/mol. The van der Waals surface area contributed by atoms with E-state index >= 15 is 0 Å². The Morgan fingerprint density at radius 2 is 1.67 bits per heavy atom. The highest BCUT2D eigenvalue weighted by Gasteiger charge is 2.29. The molecule has 1 fully saturated rings. The van der Waals surface area contributed by atoms with E-state index in [2.05, 4.69) is 4.72 Å². The van der Waals surface area contributed by atoms with Crippen LogP contribution in [-0.2, 0) is 10.0 Å². The largest absolute Gasteiger partial charge is 0.293 e. The Hall–Kier alpha value is -2.74. The van der Waals surface area contributed by atoms with Crippen molar-refractivity contribution in [1.82, 2.24) is 0 Å². The van der Waals surface area contributed by atoms with E-state index in [4.69, 9.17) is 0 Å². The number of anilines is 1. The van der Waals surface area contributed by atoms with Gasteiger partial charge in [-0.1, -0.05) is 49.6 Å². The van der Waals surface area contributed by atoms with E-state index in [1.54, 1.807) is 30.3 Å². The Labute approximate surface area is 157 Å². The molecular formula is C19H20N2O5S. The molecule has 0 bridgehead atoms. The van der Waals surface area contributed by atoms with E-state index in [0.717, 1.165) is 25.3 Å². The molecular weight excluding hydrogens is 368 g/mol. The molecule has 3 rings (SSSR count). The Morgan fingerprint density at radius 1 is 1.00 bits per heavy atom. The third-order valence-corrected chi connectivity index (χ3v) is 6.59. The van der Waals surface area contributed by atoms with E-state index in [-0.39, 0.29) is 22.7 Å². The minimum absolute atomic E-state index is 0.174. The summed E-state index contributed by atoms with van der Waals surface area (Å²) in [7, 11) is -3.77. The first-order chi connectivity index (χ1) is 12.9. The van der Waals surface area contributed by atoms with Gasteiger partial charge in [0.2, 0.25) is 10.0 Å². The predicted octanol–water partition coefficient (Wildman–Crippen LogP) is 3.90. The van der Waals surface area contributed by atoms with Crippen molar-refractivity contribution in [2.45, 2.75) is 37.4 Å². The summed E-state index contributed by atoms with van der Waals surface area (Å²) >= 11 is 0. The second-order valence-corrected chi connectivity index (χ2v) is 8.55. The fourth-order valence-corrected chi connectivity index (χ4v) is 4.88. The molecule has 0 aromatic heterocycles. The van der Waals surface area contributed by atoms with E-state index in [9.17, 15) is 23.3 Å². The third kappa shape index (κ3) is 4.33. The Bertz CT molecular complexity index is 951. The van der Waals surface area contributed by atoms with Gasteiger partial charge < -0.3 is 0 Å². The molecule has 0 spiro atoms. The predicted molar refractivity (Wildman–Crippen MR) is 102 cm³/mol. The lowest BCUT2D eigenvalue weighted by atomic mass is 10.0. The minimum Gasteiger partial charge on any atom is -0.289 e. The Balaban J connectivity index is 1.95. The van der Waals surface area contributed by atoms with Crippen molar-refractivity contribution in [3.63, 3.8) is 0 Å². The molecule has 2 aromatic carbocycles. The number of hydrogen-bond acceptors (Lipinski definition) is 5. The van der Waals surface area contributed by atoms with Crippen LogP contribution in [0.15, 0.2) is 48.5 Å². The van der Waals surface area contributed by atoms with Crippen LogP contribution in [0, 0.1) is 10.1 Å². The molecule has 0 radical (unpaired) electrons. The van der Waals surface area contributed by atoms with Crippen LogP contribution in [0.5, 0.6) is 0 Å². The number of rotatable bonds is 6. The molecule has 0 saturated heterocycles. The lowest BCUT2D eigenvalue weighted by Gasteiger charge is -2.22. The highest BCUT2D eigenvalue weighted by molar-refractivity contribution is 7.93. The van der Waals surface area contributed by atoms with Crippen molar-refractivity contribution >= 4 is 27.2 Å². The molecule has 8 heteroatoms. The van der Waals surface area contributed by atoms with Crippen molar-refractivity contribution in [2.75, 3.05) is 4.72 Å². The summed E-state index contributed by atoms with van der Waals surface area (Å²) in [6.45, 7) is 0. The minimum atomic E-state index is -3.77. The number of benzene rings is 2. The maximum Gasteiger partial charge on any atom is 0.293 e. The smallest absolute Gasteiger partial charge is 0.289 e. The lowest BCUT2D eigenvalue weighted by molar-refractivity contribution is -0.383. The Kier molecular flexibility index (Phi) is 5.55. The lowest BCUT2D eigenvalue weighted by Crippen LogP contribution is -2.30. The van der Waals surface area contributed by atoms with Gasteiger partial charge >= 0.3 is 0 Å². The molecule has 0 aliphatic heterocycles. The van der Waals surface area contributed by atoms with Crippen LogP contribution < -0.4 is 4.72 Å². The van der Waals surface area contributed by atoms with Crippen molar-refractivity contribution in [3.05, 3.63) is 69.8 Å². The molecule has 142 valence electrons. The van der Waals surface area contributed by atoms with Crippen LogP contribution in [0.4, 0.5) is 11.4 Å². The first kappa shape index (κ1) is 19.0. The van der Waals surface area contributed by atoms with Crippen LogP contribution in [-0.4, -0.2) is 24.4 Å². The normalized spacial score (nSPS) is 15.3. The summed E-state index contributed by atoms with van der Waals surface area (Å²) in [6.07, 6.45) is 3.70. The van der Waals surface area contributed by atoms with Gasteiger partial charge in [0.15, 0.2) is 5.78 Å². The number of nitro benzene ring substituents is 1. The second-order valence-electron chi connectivity index (χ2n) is 6.59. The zero-order valence-corrected chi connectivity index (χ0v) is 15.4. The van der Waals surface area contributed by atoms with Gasteiger partial charge in [-0.05, 0) is 25.0 Å². The number of hydrogen-bond donors (Lipinski definition) is 1. The van der Waals surface area contributed by atoms with Crippen molar-refractivity contribution in [3.8, 4) is 0 Å². The summed E-state index contributed by atoms with van der Waals surface area (Å²) in [5, 5.41) is 10.8. The molecule has 1 N–H and O–H groups in total. The van der Waals surface area contributed by atoms with Gasteiger partial charge in [0.25, 0.3) is 5.69 Å². The molecule has 2 aromatic rings. The molecule has 0 unspecified atom stereocenters. The Morgan fingerprint density at radius 3 is 2.30 bits per heavy atom. The quantitative estimate of drug-likeness (QED) is 0.459. The zero-order valence-electron chi connectivity index (χ0n) is 14.6. The summed E-state index contributed by atoms with van der Waals surface area (Å²) in [6, 6.07) is 12.2. The standard InChI is InChI=1S/C19H20N2O5S/c22-19(14-7-3-1-4-8-14)15-11-12-18(21(23)24)17(13-15)20-27(25,26)16-9-5-2-6-10-16/h1,3-4,7-8,11-13,16,20H,2,5-6,9-10H2. The molecule has 27 heavy (non-hydrogen) atoms. The maximum absolute atomic E-state index is 12.7. The van der Waals surface area contributed by atoms with Crippen LogP contribution >= 0.6 is 0 Å². The summed E-state index contributed by atoms with van der Waals surface area (Å²) in [5.74, 6) is -0.330. The van der Waals surface area contributed by atoms with Crippen molar-refractivity contribution < 1.29 is 18.1 Å². The van der Waals surface area contributed by atoms with Crippen LogP contribution in [0.2, 0.25) is 0 Å². The number of sulfonamides is 1. The molecule has 1 aliphatic carbocycles. The fourth-order valence-electron chi connectivity index (χ4n) is 3.29. The summed E-state index contributed by atoms with van der Waals surface area (Å²) in [5.41, 5.74) is 0.0620. The van der Waals surface area contributed by atoms with E-state index < -0.39 is 20.2 Å². The van der Waals surface area contributed by atoms with E-state index in [1.807, 2.05) is 0 Å². The van der Waals surface area contributed by atoms with Crippen molar-refractivity contribution in [1.29, 1.82) is 0 Å². The van der Waals surface area contributed by atoms with Gasteiger partial charge in [-0.3, -0.25) is 19.6 Å². The topological polar surface area (TPSA) is 106 Å². The number of nitro groups is 1. The first-order valence-corrected chi connectivity index (χ1v) is 10.3. The molecule has 0 heterocycles. The average molecular weight is 388 g/mol. The number of ketones is 1. The van der Waals surface area contributed by atoms with E-state index in [1.165, 1.54) is 12.1 Å². The maximum atomic E-state index is 12.7. The van der Waals surface area contributed by atoms with Gasteiger partial charge in [0.05, 0.1) is 10.2 Å². The number of carbonyl (C=O) groups excluding carboxylic acids is 1. The van der Waals surface area contributed by atoms with Gasteiger partial charge in [-0.25, -0.2) is 8.42 Å². The summed E-state index contributed by atoms with van der Waals surface area (Å²) < 4.78 is 27.7. The highest BCUT2D eigenvalue weighted by Crippen LogP contribution is 2.31. The second kappa shape index (κ2) is 7.87. The van der Waals surface area contributed by atoms with Gasteiger partial charge in [0.1, 0.15) is 5.69 Å². The first-order valence-electron chi connectivity index (χ1n) is 8.78. The fraction of sp³-hybridized carbons (Fsp3) is 0.316. The van der Waals surface area contributed by atoms with Crippen LogP contribution in [0.25, 0.3) is 0 Å². The molecule has 0 amide bonds. The molecule has 0 atom stereocenters. The molecule has 1 aliphatic rings. The van der Waals surface area contributed by atoms with Crippen LogP contribution in [0.3, 0.4) is 0 Å². The highest BCUT2D eigenvalue weighted by atomic mass is 32.2. The molecule has 7 nitrogen and oxygen atoms in total. The third-order valence-electron chi connectivity index (χ3n) is 4.73. The molecule has 1 saturated carbocycles. The number of nitrogens with zero attached hydrogens (tertiary/aromatic N) is 1. The zero-order chi connectivity index (χ0) is 19.4. The SMILES string of the molecule is O=C(c1ccccc1)c1ccc([N+](=O)[O-])c(NS(=O)(=O)C2CCCCC2)c1. The van der Waals surface area contributed by atoms with Gasteiger partial charge in [-0.15, -0.1) is 0 Å². The number of nitrogens with one attached hydrogen (secondary N) is 1.